The topological polar surface area (TPSA) is 576 Å². The molecule has 13 amide bonds. The molecule has 0 unspecified atom stereocenters. The van der Waals surface area contributed by atoms with Crippen molar-refractivity contribution in [2.75, 3.05) is 13.2 Å². The third kappa shape index (κ3) is 29.5. The van der Waals surface area contributed by atoms with Crippen LogP contribution in [0.1, 0.15) is 167 Å². The second kappa shape index (κ2) is 44.8. The van der Waals surface area contributed by atoms with Gasteiger partial charge in [-0.3, -0.25) is 62.3 Å². The van der Waals surface area contributed by atoms with E-state index in [1.165, 1.54) is 102 Å². The Bertz CT molecular complexity index is 3610. The van der Waals surface area contributed by atoms with Gasteiger partial charge in [0.05, 0.1) is 56.7 Å². The first-order valence-corrected chi connectivity index (χ1v) is 36.0. The highest BCUT2D eigenvalue weighted by atomic mass is 16.3. The minimum absolute atomic E-state index is 0.0364. The number of aromatic nitrogens is 10. The predicted octanol–water partition coefficient (Wildman–Crippen LogP) is -2.45. The summed E-state index contributed by atoms with van der Waals surface area (Å²) in [6, 6.07) is -17.2. The van der Waals surface area contributed by atoms with E-state index < -0.39 is 168 Å². The number of carbonyl (C=O) groups is 13. The van der Waals surface area contributed by atoms with Crippen LogP contribution in [-0.2, 0) is 88.0 Å². The third-order valence-electron chi connectivity index (χ3n) is 17.3. The quantitative estimate of drug-likeness (QED) is 0.0180. The molecule has 0 aliphatic rings. The van der Waals surface area contributed by atoms with Crippen molar-refractivity contribution in [1.29, 1.82) is 0 Å². The van der Waals surface area contributed by atoms with Crippen LogP contribution in [0.2, 0.25) is 0 Å². The molecule has 0 fully saturated rings. The molecule has 0 aliphatic heterocycles. The second-order valence-electron chi connectivity index (χ2n) is 27.5. The Morgan fingerprint density at radius 1 is 0.364 bits per heavy atom. The number of imidazole rings is 5. The molecular weight excluding hydrogens is 1390 g/mol. The fraction of sp³-hybridized carbons (Fsp3) is 0.594. The molecular formula is C69H107N23O15. The highest BCUT2D eigenvalue weighted by molar-refractivity contribution is 6.00. The Morgan fingerprint density at radius 2 is 0.692 bits per heavy atom. The standard InChI is InChI=1S/C69H107N23O15/c1-10-11-12-13-14-15-16-17-18-19-54(95)90-57(51-29-75-36-80-51)69(107)92-56(39(6)7)68(106)91-55(38(4)5)67(105)87-48(22-43-26-72-33-77-43)62(100)81-40(8)59(97)83-49(23-44-27-73-34-78-44)64(102)85-47(21-42-25-71-32-76-42)61(99)82-41(9)60(98)89-53(31-94)66(104)86-50(24-45-28-74-35-79-45)65(103)84-46(20-37(2)3)63(101)88-52(30-93)58(70)96/h25-29,32-41,46-50,52-53,55-57,93-94H,10-24,30-31H2,1-9H3,(H2,70,96)(H,71,76)(H,72,77)(H,73,78)(H,74,79)(H,75,80)(H,81,100)(H,82,99)(H,83,97)(H,84,103)(H,85,102)(H,86,104)(H,87,105)(H,88,101)(H,89,98)(H,90,95)(H,91,106)(H,92,107)/t40-,41-,46-,47-,48-,49-,50-,52-,53-,55-,56-,57-/m0/s1. The second-order valence-corrected chi connectivity index (χ2v) is 27.5. The number of primary amides is 1. The summed E-state index contributed by atoms with van der Waals surface area (Å²) in [5.41, 5.74) is 6.97. The fourth-order valence-corrected chi connectivity index (χ4v) is 11.2. The summed E-state index contributed by atoms with van der Waals surface area (Å²) in [5, 5.41) is 51.0. The smallest absolute Gasteiger partial charge is 0.249 e. The van der Waals surface area contributed by atoms with Crippen LogP contribution in [0.15, 0.2) is 62.6 Å². The SMILES string of the molecule is CCCCCCCCCCCC(=O)N[C@H](C(=O)N[C@H](C(=O)N[C@H](C(=O)N[C@@H](Cc1cnc[nH]1)C(=O)N[C@@H](C)C(=O)N[C@@H](Cc1cnc[nH]1)C(=O)N[C@@H](Cc1cnc[nH]1)C(=O)N[C@@H](C)C(=O)N[C@@H](CO)C(=O)N[C@@H](Cc1cnc[nH]1)C(=O)N[C@@H](CC(C)C)C(=O)N[C@@H](CO)C(N)=O)C(C)C)C(C)C)c1cnc[nH]1. The molecule has 0 bridgehead atoms. The average Bonchev–Trinajstić information content (AvgIpc) is 1.81. The summed E-state index contributed by atoms with van der Waals surface area (Å²) in [6.45, 7) is 13.1. The Hall–Kier alpha value is -10.9. The van der Waals surface area contributed by atoms with Crippen LogP contribution in [-0.4, -0.2) is 217 Å². The van der Waals surface area contributed by atoms with Gasteiger partial charge in [-0.1, -0.05) is 99.8 Å². The molecule has 588 valence electrons. The van der Waals surface area contributed by atoms with Crippen molar-refractivity contribution >= 4 is 76.8 Å². The van der Waals surface area contributed by atoms with Crippen molar-refractivity contribution in [3.05, 3.63) is 91.1 Å². The van der Waals surface area contributed by atoms with E-state index in [-0.39, 0.29) is 56.0 Å². The van der Waals surface area contributed by atoms with Gasteiger partial charge in [-0.05, 0) is 44.4 Å². The van der Waals surface area contributed by atoms with Crippen molar-refractivity contribution in [2.45, 2.75) is 231 Å². The molecule has 38 nitrogen and oxygen atoms in total. The summed E-state index contributed by atoms with van der Waals surface area (Å²) in [7, 11) is 0. The molecule has 0 radical (unpaired) electrons. The van der Waals surface area contributed by atoms with Gasteiger partial charge in [0, 0.05) is 79.7 Å². The summed E-state index contributed by atoms with van der Waals surface area (Å²) < 4.78 is 0. The first-order chi connectivity index (χ1) is 51.0. The maximum Gasteiger partial charge on any atom is 0.249 e. The number of H-pyrrole nitrogens is 5. The minimum Gasteiger partial charge on any atom is -0.394 e. The number of nitrogens with zero attached hydrogens (tertiary/aromatic N) is 5. The molecule has 5 aromatic rings. The van der Waals surface area contributed by atoms with Gasteiger partial charge >= 0.3 is 0 Å². The molecule has 0 aromatic carbocycles. The van der Waals surface area contributed by atoms with Gasteiger partial charge in [-0.15, -0.1) is 0 Å². The van der Waals surface area contributed by atoms with Gasteiger partial charge in [-0.2, -0.15) is 0 Å². The number of hydrogen-bond acceptors (Lipinski definition) is 20. The fourth-order valence-electron chi connectivity index (χ4n) is 11.2. The van der Waals surface area contributed by atoms with E-state index in [1.54, 1.807) is 41.5 Å². The van der Waals surface area contributed by atoms with E-state index in [1.807, 2.05) is 0 Å². The van der Waals surface area contributed by atoms with Crippen LogP contribution in [0.4, 0.5) is 0 Å². The van der Waals surface area contributed by atoms with E-state index in [2.05, 4.69) is 121 Å². The maximum atomic E-state index is 14.5. The van der Waals surface area contributed by atoms with Gasteiger partial charge in [0.15, 0.2) is 0 Å². The summed E-state index contributed by atoms with van der Waals surface area (Å²) in [6.07, 6.45) is 22.3. The zero-order valence-corrected chi connectivity index (χ0v) is 62.0. The molecule has 5 rings (SSSR count). The van der Waals surface area contributed by atoms with Crippen LogP contribution >= 0.6 is 0 Å². The number of hydrogen-bond donors (Lipinski definition) is 20. The van der Waals surface area contributed by atoms with Crippen LogP contribution in [0, 0.1) is 17.8 Å². The number of amides is 13. The molecule has 0 spiro atoms. The monoisotopic (exact) mass is 1500 g/mol. The molecule has 0 aliphatic carbocycles. The van der Waals surface area contributed by atoms with Crippen LogP contribution < -0.4 is 69.5 Å². The lowest BCUT2D eigenvalue weighted by atomic mass is 9.98. The van der Waals surface area contributed by atoms with E-state index in [0.29, 0.717) is 29.2 Å². The van der Waals surface area contributed by atoms with Crippen molar-refractivity contribution in [3.63, 3.8) is 0 Å². The van der Waals surface area contributed by atoms with Gasteiger partial charge in [0.2, 0.25) is 76.8 Å². The lowest BCUT2D eigenvalue weighted by Crippen LogP contribution is -2.61. The number of nitrogens with one attached hydrogen (secondary N) is 17. The van der Waals surface area contributed by atoms with E-state index in [4.69, 9.17) is 5.73 Å². The molecule has 38 heteroatoms. The molecule has 107 heavy (non-hydrogen) atoms. The van der Waals surface area contributed by atoms with E-state index >= 15 is 0 Å². The average molecular weight is 1500 g/mol. The maximum absolute atomic E-state index is 14.5. The number of aliphatic hydroxyl groups excluding tert-OH is 2. The molecule has 21 N–H and O–H groups in total. The molecule has 12 atom stereocenters. The van der Waals surface area contributed by atoms with Crippen LogP contribution in [0.5, 0.6) is 0 Å². The van der Waals surface area contributed by atoms with Gasteiger partial charge < -0.3 is 105 Å². The Balaban J connectivity index is 1.26. The predicted molar refractivity (Wildman–Crippen MR) is 386 cm³/mol. The zero-order valence-electron chi connectivity index (χ0n) is 62.0. The largest absolute Gasteiger partial charge is 0.394 e. The molecule has 0 saturated heterocycles. The number of unbranched alkanes of at least 4 members (excludes halogenated alkanes) is 8. The summed E-state index contributed by atoms with van der Waals surface area (Å²) >= 11 is 0. The zero-order chi connectivity index (χ0) is 78.7. The number of nitrogens with two attached hydrogens (primary N) is 1. The Labute approximate surface area is 619 Å². The highest BCUT2D eigenvalue weighted by Crippen LogP contribution is 2.17. The number of carbonyl (C=O) groups excluding carboxylic acids is 13. The van der Waals surface area contributed by atoms with Crippen LogP contribution in [0.25, 0.3) is 0 Å². The first kappa shape index (κ1) is 86.7. The van der Waals surface area contributed by atoms with E-state index in [0.717, 1.165) is 25.7 Å². The Morgan fingerprint density at radius 3 is 1.07 bits per heavy atom. The summed E-state index contributed by atoms with van der Waals surface area (Å²) in [4.78, 5) is 215. The Kier molecular flexibility index (Phi) is 36.3. The molecule has 0 saturated carbocycles. The third-order valence-corrected chi connectivity index (χ3v) is 17.3. The normalized spacial score (nSPS) is 14.7. The van der Waals surface area contributed by atoms with Crippen molar-refractivity contribution in [3.8, 4) is 0 Å². The minimum atomic E-state index is -1.75. The van der Waals surface area contributed by atoms with Crippen molar-refractivity contribution < 1.29 is 72.5 Å². The number of aromatic amines is 5. The van der Waals surface area contributed by atoms with Crippen molar-refractivity contribution in [2.24, 2.45) is 23.5 Å². The number of aliphatic hydroxyl groups is 2. The summed E-state index contributed by atoms with van der Waals surface area (Å²) in [5.74, 6) is -12.6. The van der Waals surface area contributed by atoms with E-state index in [9.17, 15) is 72.5 Å². The highest BCUT2D eigenvalue weighted by Gasteiger charge is 2.38. The first-order valence-electron chi connectivity index (χ1n) is 36.0. The van der Waals surface area contributed by atoms with Gasteiger partial charge in [-0.25, -0.2) is 24.9 Å². The molecule has 5 heterocycles. The van der Waals surface area contributed by atoms with Gasteiger partial charge in [0.25, 0.3) is 0 Å². The lowest BCUT2D eigenvalue weighted by Gasteiger charge is -2.29. The van der Waals surface area contributed by atoms with Crippen molar-refractivity contribution in [1.82, 2.24) is 114 Å². The lowest BCUT2D eigenvalue weighted by molar-refractivity contribution is -0.136. The van der Waals surface area contributed by atoms with Crippen LogP contribution in [0.3, 0.4) is 0 Å². The number of rotatable bonds is 49. The van der Waals surface area contributed by atoms with Gasteiger partial charge in [0.1, 0.15) is 72.5 Å². The molecule has 5 aromatic heterocycles.